The molecule has 1 aliphatic heterocycles. The van der Waals surface area contributed by atoms with Crippen molar-refractivity contribution in [3.05, 3.63) is 0 Å². The van der Waals surface area contributed by atoms with Crippen LogP contribution in [-0.4, -0.2) is 37.1 Å². The molecule has 1 N–H and O–H groups in total. The zero-order valence-electron chi connectivity index (χ0n) is 7.66. The molecule has 0 aliphatic carbocycles. The second kappa shape index (κ2) is 5.51. The van der Waals surface area contributed by atoms with Gasteiger partial charge in [-0.1, -0.05) is 6.92 Å². The smallest absolute Gasteiger partial charge is 0.107 e. The zero-order chi connectivity index (χ0) is 8.81. The molecule has 1 fully saturated rings. The molecule has 0 spiro atoms. The summed E-state index contributed by atoms with van der Waals surface area (Å²) < 4.78 is 10.7. The molecule has 0 bridgehead atoms. The Labute approximate surface area is 73.7 Å². The second-order valence-electron chi connectivity index (χ2n) is 3.19. The lowest BCUT2D eigenvalue weighted by molar-refractivity contribution is -0.107. The van der Waals surface area contributed by atoms with Crippen LogP contribution in [0, 0.1) is 0 Å². The van der Waals surface area contributed by atoms with E-state index in [0.29, 0.717) is 6.61 Å². The molecule has 0 aromatic carbocycles. The number of hydrogen-bond acceptors (Lipinski definition) is 3. The van der Waals surface area contributed by atoms with Crippen molar-refractivity contribution in [2.75, 3.05) is 19.8 Å². The van der Waals surface area contributed by atoms with Gasteiger partial charge in [0, 0.05) is 13.2 Å². The standard InChI is InChI=1S/C9H18O3/c1-2-5-11-7-9-8(10)4-3-6-12-9/h8-10H,2-7H2,1H3. The molecule has 2 unspecified atom stereocenters. The SMILES string of the molecule is CCCOCC1OCCCC1O. The van der Waals surface area contributed by atoms with Gasteiger partial charge in [0.05, 0.1) is 12.7 Å². The minimum Gasteiger partial charge on any atom is -0.390 e. The Morgan fingerprint density at radius 2 is 2.42 bits per heavy atom. The van der Waals surface area contributed by atoms with Gasteiger partial charge in [-0.2, -0.15) is 0 Å². The molecule has 1 rings (SSSR count). The normalized spacial score (nSPS) is 30.5. The lowest BCUT2D eigenvalue weighted by Crippen LogP contribution is -2.37. The first-order valence-corrected chi connectivity index (χ1v) is 4.72. The summed E-state index contributed by atoms with van der Waals surface area (Å²) in [7, 11) is 0. The van der Waals surface area contributed by atoms with E-state index in [2.05, 4.69) is 6.92 Å². The lowest BCUT2D eigenvalue weighted by atomic mass is 10.1. The second-order valence-corrected chi connectivity index (χ2v) is 3.19. The molecule has 0 aromatic heterocycles. The van der Waals surface area contributed by atoms with Gasteiger partial charge in [-0.3, -0.25) is 0 Å². The highest BCUT2D eigenvalue weighted by Gasteiger charge is 2.23. The minimum atomic E-state index is -0.324. The maximum absolute atomic E-state index is 9.46. The van der Waals surface area contributed by atoms with E-state index in [0.717, 1.165) is 32.5 Å². The van der Waals surface area contributed by atoms with Crippen LogP contribution in [0.15, 0.2) is 0 Å². The van der Waals surface area contributed by atoms with Crippen molar-refractivity contribution in [1.82, 2.24) is 0 Å². The molecule has 0 aromatic rings. The van der Waals surface area contributed by atoms with E-state index in [-0.39, 0.29) is 12.2 Å². The largest absolute Gasteiger partial charge is 0.390 e. The van der Waals surface area contributed by atoms with Gasteiger partial charge in [0.25, 0.3) is 0 Å². The highest BCUT2D eigenvalue weighted by atomic mass is 16.5. The Kier molecular flexibility index (Phi) is 4.58. The van der Waals surface area contributed by atoms with Crippen LogP contribution in [0.1, 0.15) is 26.2 Å². The van der Waals surface area contributed by atoms with E-state index in [4.69, 9.17) is 9.47 Å². The summed E-state index contributed by atoms with van der Waals surface area (Å²) in [6, 6.07) is 0. The van der Waals surface area contributed by atoms with Crippen LogP contribution in [-0.2, 0) is 9.47 Å². The maximum Gasteiger partial charge on any atom is 0.107 e. The number of ether oxygens (including phenoxy) is 2. The fourth-order valence-electron chi connectivity index (χ4n) is 1.33. The van der Waals surface area contributed by atoms with Gasteiger partial charge in [-0.05, 0) is 19.3 Å². The third kappa shape index (κ3) is 3.09. The molecule has 72 valence electrons. The van der Waals surface area contributed by atoms with Crippen molar-refractivity contribution in [3.8, 4) is 0 Å². The molecule has 1 heterocycles. The lowest BCUT2D eigenvalue weighted by Gasteiger charge is -2.27. The van der Waals surface area contributed by atoms with Crippen molar-refractivity contribution in [3.63, 3.8) is 0 Å². The molecule has 0 saturated carbocycles. The van der Waals surface area contributed by atoms with Crippen LogP contribution in [0.2, 0.25) is 0 Å². The van der Waals surface area contributed by atoms with E-state index in [9.17, 15) is 5.11 Å². The van der Waals surface area contributed by atoms with Crippen LogP contribution < -0.4 is 0 Å². The summed E-state index contributed by atoms with van der Waals surface area (Å²) in [4.78, 5) is 0. The van der Waals surface area contributed by atoms with Crippen molar-refractivity contribution in [2.24, 2.45) is 0 Å². The van der Waals surface area contributed by atoms with Gasteiger partial charge in [-0.15, -0.1) is 0 Å². The van der Waals surface area contributed by atoms with Crippen LogP contribution in [0.3, 0.4) is 0 Å². The monoisotopic (exact) mass is 174 g/mol. The summed E-state index contributed by atoms with van der Waals surface area (Å²) in [6.07, 6.45) is 2.41. The first-order valence-electron chi connectivity index (χ1n) is 4.72. The highest BCUT2D eigenvalue weighted by Crippen LogP contribution is 2.13. The summed E-state index contributed by atoms with van der Waals surface area (Å²) in [5, 5.41) is 9.46. The molecule has 0 amide bonds. The minimum absolute atomic E-state index is 0.0923. The molecule has 1 aliphatic rings. The molecular weight excluding hydrogens is 156 g/mol. The molecule has 3 nitrogen and oxygen atoms in total. The van der Waals surface area contributed by atoms with Crippen LogP contribution in [0.5, 0.6) is 0 Å². The van der Waals surface area contributed by atoms with Gasteiger partial charge in [-0.25, -0.2) is 0 Å². The van der Waals surface area contributed by atoms with Crippen molar-refractivity contribution in [1.29, 1.82) is 0 Å². The van der Waals surface area contributed by atoms with Gasteiger partial charge >= 0.3 is 0 Å². The number of aliphatic hydroxyl groups is 1. The predicted molar refractivity (Wildman–Crippen MR) is 46.1 cm³/mol. The first-order chi connectivity index (χ1) is 5.84. The van der Waals surface area contributed by atoms with Crippen LogP contribution in [0.4, 0.5) is 0 Å². The van der Waals surface area contributed by atoms with Gasteiger partial charge in [0.2, 0.25) is 0 Å². The van der Waals surface area contributed by atoms with Gasteiger partial charge in [0.1, 0.15) is 6.10 Å². The fraction of sp³-hybridized carbons (Fsp3) is 1.00. The molecule has 0 radical (unpaired) electrons. The average Bonchev–Trinajstić information content (AvgIpc) is 2.09. The van der Waals surface area contributed by atoms with E-state index < -0.39 is 0 Å². The van der Waals surface area contributed by atoms with Crippen molar-refractivity contribution >= 4 is 0 Å². The Morgan fingerprint density at radius 3 is 3.08 bits per heavy atom. The quantitative estimate of drug-likeness (QED) is 0.645. The maximum atomic E-state index is 9.46. The van der Waals surface area contributed by atoms with Crippen LogP contribution >= 0.6 is 0 Å². The van der Waals surface area contributed by atoms with Gasteiger partial charge in [0.15, 0.2) is 0 Å². The molecule has 3 heteroatoms. The van der Waals surface area contributed by atoms with Crippen LogP contribution in [0.25, 0.3) is 0 Å². The Morgan fingerprint density at radius 1 is 1.58 bits per heavy atom. The average molecular weight is 174 g/mol. The molecule has 1 saturated heterocycles. The first kappa shape index (κ1) is 9.96. The Bertz CT molecular complexity index is 116. The topological polar surface area (TPSA) is 38.7 Å². The fourth-order valence-corrected chi connectivity index (χ4v) is 1.33. The van der Waals surface area contributed by atoms with E-state index in [1.54, 1.807) is 0 Å². The molecule has 12 heavy (non-hydrogen) atoms. The number of rotatable bonds is 4. The third-order valence-corrected chi connectivity index (χ3v) is 2.04. The van der Waals surface area contributed by atoms with Crippen molar-refractivity contribution < 1.29 is 14.6 Å². The number of hydrogen-bond donors (Lipinski definition) is 1. The molecular formula is C9H18O3. The van der Waals surface area contributed by atoms with Gasteiger partial charge < -0.3 is 14.6 Å². The molecule has 2 atom stereocenters. The van der Waals surface area contributed by atoms with E-state index >= 15 is 0 Å². The summed E-state index contributed by atoms with van der Waals surface area (Å²) in [5.41, 5.74) is 0. The number of aliphatic hydroxyl groups excluding tert-OH is 1. The summed E-state index contributed by atoms with van der Waals surface area (Å²) in [5.74, 6) is 0. The van der Waals surface area contributed by atoms with Crippen molar-refractivity contribution in [2.45, 2.75) is 38.4 Å². The summed E-state index contributed by atoms with van der Waals surface area (Å²) >= 11 is 0. The zero-order valence-corrected chi connectivity index (χ0v) is 7.66. The summed E-state index contributed by atoms with van der Waals surface area (Å²) in [6.45, 7) is 4.12. The Balaban J connectivity index is 2.11. The van der Waals surface area contributed by atoms with E-state index in [1.807, 2.05) is 0 Å². The predicted octanol–water partition coefficient (Wildman–Crippen LogP) is 0.953. The highest BCUT2D eigenvalue weighted by molar-refractivity contribution is 4.72. The third-order valence-electron chi connectivity index (χ3n) is 2.04. The van der Waals surface area contributed by atoms with E-state index in [1.165, 1.54) is 0 Å². The Hall–Kier alpha value is -0.120.